The fourth-order valence-electron chi connectivity index (χ4n) is 4.34. The predicted octanol–water partition coefficient (Wildman–Crippen LogP) is 0.531. The zero-order chi connectivity index (χ0) is 16.1. The monoisotopic (exact) mass is 315 g/mol. The van der Waals surface area contributed by atoms with Gasteiger partial charge in [0, 0.05) is 37.8 Å². The summed E-state index contributed by atoms with van der Waals surface area (Å²) < 4.78 is 0. The number of quaternary nitrogens is 1. The Hall–Kier alpha value is -2.28. The maximum Gasteiger partial charge on any atom is 0.269 e. The lowest BCUT2D eigenvalue weighted by molar-refractivity contribution is -0.927. The minimum atomic E-state index is -0.390. The van der Waals surface area contributed by atoms with Crippen LogP contribution in [0.1, 0.15) is 31.4 Å². The van der Waals surface area contributed by atoms with Crippen LogP contribution in [-0.2, 0) is 4.79 Å². The highest BCUT2D eigenvalue weighted by Crippen LogP contribution is 2.37. The second-order valence-electron chi connectivity index (χ2n) is 6.60. The molecule has 4 aliphatic heterocycles. The van der Waals surface area contributed by atoms with E-state index in [9.17, 15) is 14.9 Å². The van der Waals surface area contributed by atoms with E-state index >= 15 is 0 Å². The van der Waals surface area contributed by atoms with Gasteiger partial charge in [-0.2, -0.15) is 5.10 Å². The third kappa shape index (κ3) is 2.15. The highest BCUT2D eigenvalue weighted by Gasteiger charge is 2.54. The molecule has 2 bridgehead atoms. The van der Waals surface area contributed by atoms with E-state index in [1.807, 2.05) is 6.07 Å². The molecule has 4 aliphatic rings. The van der Waals surface area contributed by atoms with E-state index in [-0.39, 0.29) is 23.7 Å². The number of nitrogens with zero attached hydrogens (tertiary/aromatic N) is 3. The van der Waals surface area contributed by atoms with Crippen LogP contribution < -0.4 is 4.90 Å². The zero-order valence-electron chi connectivity index (χ0n) is 12.9. The Morgan fingerprint density at radius 1 is 1.39 bits per heavy atom. The molecule has 0 spiro atoms. The summed E-state index contributed by atoms with van der Waals surface area (Å²) in [6.07, 6.45) is 2.25. The summed E-state index contributed by atoms with van der Waals surface area (Å²) in [7, 11) is 0. The predicted molar refractivity (Wildman–Crippen MR) is 83.0 cm³/mol. The van der Waals surface area contributed by atoms with Crippen molar-refractivity contribution in [1.29, 1.82) is 0 Å². The van der Waals surface area contributed by atoms with E-state index in [0.717, 1.165) is 37.2 Å². The van der Waals surface area contributed by atoms with Crippen LogP contribution in [0.4, 0.5) is 5.69 Å². The molecule has 0 unspecified atom stereocenters. The number of non-ortho nitro benzene ring substituents is 1. The molecule has 0 radical (unpaired) electrons. The number of hydrogen-bond donors (Lipinski definition) is 1. The van der Waals surface area contributed by atoms with Crippen LogP contribution in [0.2, 0.25) is 0 Å². The summed E-state index contributed by atoms with van der Waals surface area (Å²) in [5.74, 6) is 0.353. The molecule has 5 rings (SSSR count). The molecule has 3 saturated heterocycles. The molecule has 0 aliphatic carbocycles. The van der Waals surface area contributed by atoms with Gasteiger partial charge in [0.1, 0.15) is 11.8 Å². The Labute approximate surface area is 133 Å². The molecule has 23 heavy (non-hydrogen) atoms. The number of hydrazone groups is 1. The first-order valence-corrected chi connectivity index (χ1v) is 8.03. The number of nitro groups is 1. The third-order valence-corrected chi connectivity index (χ3v) is 5.35. The van der Waals surface area contributed by atoms with Gasteiger partial charge in [0.15, 0.2) is 6.04 Å². The van der Waals surface area contributed by atoms with Gasteiger partial charge in [-0.1, -0.05) is 12.1 Å². The Bertz CT molecular complexity index is 709. The molecular weight excluding hydrogens is 296 g/mol. The van der Waals surface area contributed by atoms with Crippen LogP contribution in [0, 0.1) is 16.0 Å². The Balaban J connectivity index is 1.78. The minimum Gasteiger partial charge on any atom is -0.326 e. The molecular formula is C16H19N4O3+. The maximum absolute atomic E-state index is 12.1. The van der Waals surface area contributed by atoms with E-state index < -0.39 is 4.92 Å². The zero-order valence-corrected chi connectivity index (χ0v) is 12.9. The van der Waals surface area contributed by atoms with E-state index in [0.29, 0.717) is 5.92 Å². The normalized spacial score (nSPS) is 31.7. The van der Waals surface area contributed by atoms with E-state index in [2.05, 4.69) is 5.10 Å². The quantitative estimate of drug-likeness (QED) is 0.638. The molecule has 1 amide bonds. The summed E-state index contributed by atoms with van der Waals surface area (Å²) in [4.78, 5) is 24.2. The van der Waals surface area contributed by atoms with Crippen molar-refractivity contribution in [2.24, 2.45) is 11.0 Å². The largest absolute Gasteiger partial charge is 0.326 e. The number of piperidine rings is 3. The minimum absolute atomic E-state index is 0.0606. The summed E-state index contributed by atoms with van der Waals surface area (Å²) >= 11 is 0. The van der Waals surface area contributed by atoms with Crippen LogP contribution in [-0.4, -0.2) is 40.7 Å². The lowest BCUT2D eigenvalue weighted by Crippen LogP contribution is -3.20. The average Bonchev–Trinajstić information content (AvgIpc) is 2.99. The number of amides is 1. The van der Waals surface area contributed by atoms with Gasteiger partial charge in [-0.15, -0.1) is 0 Å². The first-order valence-electron chi connectivity index (χ1n) is 8.03. The fourth-order valence-corrected chi connectivity index (χ4v) is 4.34. The van der Waals surface area contributed by atoms with Gasteiger partial charge >= 0.3 is 0 Å². The van der Waals surface area contributed by atoms with Crippen LogP contribution in [0.15, 0.2) is 29.4 Å². The van der Waals surface area contributed by atoms with Crippen molar-refractivity contribution in [3.8, 4) is 0 Å². The SMILES string of the molecule is CC(=O)N1N=C2C3CC[NH+](CC3)[C@@H]2[C@H]1c1cccc([N+](=O)[O-])c1. The molecule has 1 aromatic rings. The summed E-state index contributed by atoms with van der Waals surface area (Å²) in [6, 6.07) is 6.55. The first kappa shape index (κ1) is 14.3. The van der Waals surface area contributed by atoms with Crippen molar-refractivity contribution >= 4 is 17.3 Å². The van der Waals surface area contributed by atoms with Crippen molar-refractivity contribution in [3.05, 3.63) is 39.9 Å². The molecule has 7 heteroatoms. The van der Waals surface area contributed by atoms with Crippen molar-refractivity contribution in [1.82, 2.24) is 5.01 Å². The van der Waals surface area contributed by atoms with Crippen molar-refractivity contribution in [2.75, 3.05) is 13.1 Å². The molecule has 4 heterocycles. The molecule has 1 N–H and O–H groups in total. The Morgan fingerprint density at radius 2 is 2.13 bits per heavy atom. The van der Waals surface area contributed by atoms with Crippen molar-refractivity contribution in [3.63, 3.8) is 0 Å². The number of benzene rings is 1. The lowest BCUT2D eigenvalue weighted by atomic mass is 9.78. The molecule has 2 atom stereocenters. The number of hydrogen-bond acceptors (Lipinski definition) is 4. The fraction of sp³-hybridized carbons (Fsp3) is 0.500. The molecule has 0 aromatic heterocycles. The Kier molecular flexibility index (Phi) is 3.19. The van der Waals surface area contributed by atoms with Gasteiger partial charge in [-0.25, -0.2) is 5.01 Å². The van der Waals surface area contributed by atoms with Crippen molar-refractivity contribution in [2.45, 2.75) is 31.8 Å². The molecule has 120 valence electrons. The first-order chi connectivity index (χ1) is 11.1. The number of nitrogens with one attached hydrogen (secondary N) is 1. The standard InChI is InChI=1S/C16H18N4O3/c1-10(21)19-15(12-3-2-4-13(9-12)20(22)23)16-14(17-19)11-5-7-18(16)8-6-11/h2-4,9,11,15-16H,5-8H2,1H3/p+1/t15-,16+/m1/s1. The number of carbonyl (C=O) groups is 1. The summed E-state index contributed by atoms with van der Waals surface area (Å²) in [5.41, 5.74) is 1.98. The number of nitro benzene ring substituents is 1. The van der Waals surface area contributed by atoms with Gasteiger partial charge in [0.05, 0.1) is 18.0 Å². The van der Waals surface area contributed by atoms with E-state index in [4.69, 9.17) is 0 Å². The Morgan fingerprint density at radius 3 is 2.78 bits per heavy atom. The van der Waals surface area contributed by atoms with Crippen LogP contribution in [0.25, 0.3) is 0 Å². The topological polar surface area (TPSA) is 80.2 Å². The van der Waals surface area contributed by atoms with Gasteiger partial charge < -0.3 is 4.90 Å². The highest BCUT2D eigenvalue weighted by molar-refractivity contribution is 5.95. The maximum atomic E-state index is 12.1. The molecule has 0 saturated carbocycles. The molecule has 1 aromatic carbocycles. The van der Waals surface area contributed by atoms with E-state index in [1.54, 1.807) is 17.1 Å². The lowest BCUT2D eigenvalue weighted by Gasteiger charge is -2.42. The molecule has 3 fully saturated rings. The summed E-state index contributed by atoms with van der Waals surface area (Å²) in [6.45, 7) is 3.69. The van der Waals surface area contributed by atoms with E-state index in [1.165, 1.54) is 17.9 Å². The van der Waals surface area contributed by atoms with Gasteiger partial charge in [0.25, 0.3) is 5.69 Å². The van der Waals surface area contributed by atoms with Crippen LogP contribution >= 0.6 is 0 Å². The smallest absolute Gasteiger partial charge is 0.269 e. The number of carbonyl (C=O) groups excluding carboxylic acids is 1. The van der Waals surface area contributed by atoms with Crippen LogP contribution in [0.5, 0.6) is 0 Å². The molecule has 7 nitrogen and oxygen atoms in total. The summed E-state index contributed by atoms with van der Waals surface area (Å²) in [5, 5.41) is 17.3. The number of fused-ring (bicyclic) bond motifs is 2. The number of rotatable bonds is 2. The third-order valence-electron chi connectivity index (χ3n) is 5.35. The van der Waals surface area contributed by atoms with Gasteiger partial charge in [-0.3, -0.25) is 14.9 Å². The highest BCUT2D eigenvalue weighted by atomic mass is 16.6. The van der Waals surface area contributed by atoms with Gasteiger partial charge in [0.2, 0.25) is 5.91 Å². The van der Waals surface area contributed by atoms with Gasteiger partial charge in [-0.05, 0) is 5.56 Å². The second kappa shape index (κ2) is 5.13. The average molecular weight is 315 g/mol. The van der Waals surface area contributed by atoms with Crippen molar-refractivity contribution < 1.29 is 14.6 Å². The second-order valence-corrected chi connectivity index (χ2v) is 6.60. The van der Waals surface area contributed by atoms with Crippen LogP contribution in [0.3, 0.4) is 0 Å².